The highest BCUT2D eigenvalue weighted by atomic mass is 16.6. The summed E-state index contributed by atoms with van der Waals surface area (Å²) in [5.74, 6) is 0. The van der Waals surface area contributed by atoms with Crippen LogP contribution in [0.15, 0.2) is 6.20 Å². The van der Waals surface area contributed by atoms with Gasteiger partial charge in [-0.3, -0.25) is 0 Å². The monoisotopic (exact) mass is 255 g/mol. The fraction of sp³-hybridized carbons (Fsp3) is 0.556. The maximum Gasteiger partial charge on any atom is 0.407 e. The molecule has 18 heavy (non-hydrogen) atoms. The van der Waals surface area contributed by atoms with Crippen LogP contribution in [-0.2, 0) is 22.6 Å². The molecular weight excluding hydrogens is 242 g/mol. The fourth-order valence-corrected chi connectivity index (χ4v) is 1.49. The smallest absolute Gasteiger partial charge is 0.407 e. The summed E-state index contributed by atoms with van der Waals surface area (Å²) in [4.78, 5) is 21.7. The fourth-order valence-electron chi connectivity index (χ4n) is 1.49. The number of ether oxygens (including phenoxy) is 2. The zero-order valence-corrected chi connectivity index (χ0v) is 9.75. The maximum absolute atomic E-state index is 10.9. The molecule has 2 rings (SSSR count). The van der Waals surface area contributed by atoms with Gasteiger partial charge in [0.2, 0.25) is 0 Å². The number of carbonyl (C=O) groups is 2. The van der Waals surface area contributed by atoms with Gasteiger partial charge in [-0.1, -0.05) is 5.21 Å². The van der Waals surface area contributed by atoms with E-state index in [0.29, 0.717) is 18.8 Å². The number of nitrogens with one attached hydrogen (secondary N) is 2. The Hall–Kier alpha value is -2.32. The van der Waals surface area contributed by atoms with Crippen LogP contribution in [0.25, 0.3) is 0 Å². The van der Waals surface area contributed by atoms with E-state index >= 15 is 0 Å². The van der Waals surface area contributed by atoms with Crippen LogP contribution in [0.1, 0.15) is 5.69 Å². The topological polar surface area (TPSA) is 107 Å². The van der Waals surface area contributed by atoms with Crippen LogP contribution in [0.5, 0.6) is 0 Å². The predicted octanol–water partition coefficient (Wildman–Crippen LogP) is -0.757. The standard InChI is InChI=1S/C9H13N5O4/c1-17-8(15)10-2-6-4-14(13-12-6)5-7-3-11-9(16)18-7/h4,7H,2-3,5H2,1H3,(H,10,15)(H,11,16). The molecule has 2 heterocycles. The van der Waals surface area contributed by atoms with Crippen molar-refractivity contribution in [3.8, 4) is 0 Å². The molecule has 0 spiro atoms. The van der Waals surface area contributed by atoms with Crippen LogP contribution in [0.4, 0.5) is 9.59 Å². The number of aromatic nitrogens is 3. The van der Waals surface area contributed by atoms with Crippen molar-refractivity contribution in [1.82, 2.24) is 25.6 Å². The number of nitrogens with zero attached hydrogens (tertiary/aromatic N) is 3. The normalized spacial score (nSPS) is 18.1. The van der Waals surface area contributed by atoms with Gasteiger partial charge in [-0.15, -0.1) is 5.10 Å². The van der Waals surface area contributed by atoms with Crippen molar-refractivity contribution in [2.45, 2.75) is 19.2 Å². The van der Waals surface area contributed by atoms with Gasteiger partial charge in [0.05, 0.1) is 32.9 Å². The predicted molar refractivity (Wildman–Crippen MR) is 57.5 cm³/mol. The Morgan fingerprint density at radius 1 is 1.78 bits per heavy atom. The summed E-state index contributed by atoms with van der Waals surface area (Å²) in [7, 11) is 1.29. The van der Waals surface area contributed by atoms with E-state index in [4.69, 9.17) is 4.74 Å². The summed E-state index contributed by atoms with van der Waals surface area (Å²) >= 11 is 0. The first kappa shape index (κ1) is 12.1. The molecule has 2 amide bonds. The molecule has 2 N–H and O–H groups in total. The summed E-state index contributed by atoms with van der Waals surface area (Å²) in [5.41, 5.74) is 0.595. The molecule has 98 valence electrons. The number of carbonyl (C=O) groups excluding carboxylic acids is 2. The third-order valence-corrected chi connectivity index (χ3v) is 2.32. The molecule has 0 saturated carbocycles. The van der Waals surface area contributed by atoms with E-state index in [0.717, 1.165) is 0 Å². The summed E-state index contributed by atoms with van der Waals surface area (Å²) < 4.78 is 10.9. The molecule has 1 unspecified atom stereocenters. The second kappa shape index (κ2) is 5.34. The number of hydrogen-bond donors (Lipinski definition) is 2. The zero-order valence-electron chi connectivity index (χ0n) is 9.75. The van der Waals surface area contributed by atoms with Crippen LogP contribution >= 0.6 is 0 Å². The van der Waals surface area contributed by atoms with Crippen LogP contribution in [0.3, 0.4) is 0 Å². The van der Waals surface area contributed by atoms with Gasteiger partial charge in [0, 0.05) is 0 Å². The van der Waals surface area contributed by atoms with Crippen LogP contribution in [0, 0.1) is 0 Å². The average Bonchev–Trinajstić information content (AvgIpc) is 2.96. The van der Waals surface area contributed by atoms with Gasteiger partial charge >= 0.3 is 12.2 Å². The lowest BCUT2D eigenvalue weighted by Crippen LogP contribution is -2.22. The quantitative estimate of drug-likeness (QED) is 0.732. The van der Waals surface area contributed by atoms with Crippen LogP contribution in [-0.4, -0.2) is 46.9 Å². The Morgan fingerprint density at radius 2 is 2.61 bits per heavy atom. The Morgan fingerprint density at radius 3 is 3.28 bits per heavy atom. The molecule has 9 heteroatoms. The molecule has 0 radical (unpaired) electrons. The van der Waals surface area contributed by atoms with E-state index in [-0.39, 0.29) is 12.6 Å². The molecule has 0 aromatic carbocycles. The number of alkyl carbamates (subject to hydrolysis) is 2. The van der Waals surface area contributed by atoms with E-state index < -0.39 is 12.2 Å². The molecule has 1 aliphatic heterocycles. The molecule has 0 aliphatic carbocycles. The average molecular weight is 255 g/mol. The first-order valence-corrected chi connectivity index (χ1v) is 5.32. The van der Waals surface area contributed by atoms with E-state index in [1.165, 1.54) is 7.11 Å². The number of methoxy groups -OCH3 is 1. The number of rotatable bonds is 4. The van der Waals surface area contributed by atoms with Crippen LogP contribution in [0.2, 0.25) is 0 Å². The summed E-state index contributed by atoms with van der Waals surface area (Å²) in [6, 6.07) is 0. The largest absolute Gasteiger partial charge is 0.453 e. The lowest BCUT2D eigenvalue weighted by Gasteiger charge is -2.05. The minimum absolute atomic E-state index is 0.232. The minimum Gasteiger partial charge on any atom is -0.453 e. The van der Waals surface area contributed by atoms with E-state index in [2.05, 4.69) is 25.7 Å². The molecule has 1 saturated heterocycles. The van der Waals surface area contributed by atoms with Gasteiger partial charge in [0.25, 0.3) is 0 Å². The lowest BCUT2D eigenvalue weighted by atomic mass is 10.3. The first-order valence-electron chi connectivity index (χ1n) is 5.32. The van der Waals surface area contributed by atoms with Gasteiger partial charge in [0.15, 0.2) is 0 Å². The zero-order chi connectivity index (χ0) is 13.0. The highest BCUT2D eigenvalue weighted by Crippen LogP contribution is 2.03. The molecule has 9 nitrogen and oxygen atoms in total. The highest BCUT2D eigenvalue weighted by Gasteiger charge is 2.23. The van der Waals surface area contributed by atoms with Gasteiger partial charge in [0.1, 0.15) is 11.8 Å². The maximum atomic E-state index is 10.9. The summed E-state index contributed by atoms with van der Waals surface area (Å²) in [6.07, 6.45) is 0.467. The van der Waals surface area contributed by atoms with E-state index in [1.54, 1.807) is 10.9 Å². The molecule has 1 aliphatic rings. The van der Waals surface area contributed by atoms with Crippen molar-refractivity contribution in [2.24, 2.45) is 0 Å². The van der Waals surface area contributed by atoms with Crippen LogP contribution < -0.4 is 10.6 Å². The number of cyclic esters (lactones) is 1. The lowest BCUT2D eigenvalue weighted by molar-refractivity contribution is 0.128. The molecule has 0 bridgehead atoms. The molecular formula is C9H13N5O4. The van der Waals surface area contributed by atoms with Crippen molar-refractivity contribution in [3.63, 3.8) is 0 Å². The van der Waals surface area contributed by atoms with Crippen molar-refractivity contribution in [1.29, 1.82) is 0 Å². The van der Waals surface area contributed by atoms with Gasteiger partial charge in [-0.25, -0.2) is 14.3 Å². The second-order valence-corrected chi connectivity index (χ2v) is 3.69. The Bertz CT molecular complexity index is 446. The minimum atomic E-state index is -0.529. The second-order valence-electron chi connectivity index (χ2n) is 3.69. The molecule has 1 aromatic heterocycles. The molecule has 1 aromatic rings. The van der Waals surface area contributed by atoms with E-state index in [1.807, 2.05) is 0 Å². The Kier molecular flexibility index (Phi) is 3.60. The first-order chi connectivity index (χ1) is 8.67. The van der Waals surface area contributed by atoms with Gasteiger partial charge in [-0.2, -0.15) is 0 Å². The van der Waals surface area contributed by atoms with Crippen molar-refractivity contribution in [2.75, 3.05) is 13.7 Å². The van der Waals surface area contributed by atoms with Crippen molar-refractivity contribution < 1.29 is 19.1 Å². The SMILES string of the molecule is COC(=O)NCc1cn(CC2CNC(=O)O2)nn1. The Balaban J connectivity index is 1.82. The van der Waals surface area contributed by atoms with Gasteiger partial charge < -0.3 is 20.1 Å². The third kappa shape index (κ3) is 3.09. The molecule has 1 fully saturated rings. The van der Waals surface area contributed by atoms with Crippen molar-refractivity contribution >= 4 is 12.2 Å². The number of amides is 2. The highest BCUT2D eigenvalue weighted by molar-refractivity contribution is 5.69. The number of hydrogen-bond acceptors (Lipinski definition) is 6. The Labute approximate surface area is 102 Å². The van der Waals surface area contributed by atoms with E-state index in [9.17, 15) is 9.59 Å². The summed E-state index contributed by atoms with van der Waals surface area (Å²) in [5, 5.41) is 12.8. The summed E-state index contributed by atoms with van der Waals surface area (Å²) in [6.45, 7) is 1.10. The third-order valence-electron chi connectivity index (χ3n) is 2.32. The molecule has 1 atom stereocenters. The van der Waals surface area contributed by atoms with Gasteiger partial charge in [-0.05, 0) is 0 Å². The van der Waals surface area contributed by atoms with Crippen molar-refractivity contribution in [3.05, 3.63) is 11.9 Å².